The van der Waals surface area contributed by atoms with Gasteiger partial charge in [-0.3, -0.25) is 19.0 Å². The molecule has 0 radical (unpaired) electrons. The second-order valence-corrected chi connectivity index (χ2v) is 6.79. The van der Waals surface area contributed by atoms with Crippen LogP contribution in [0.1, 0.15) is 15.9 Å². The van der Waals surface area contributed by atoms with E-state index in [9.17, 15) is 14.4 Å². The summed E-state index contributed by atoms with van der Waals surface area (Å²) < 4.78 is 4.37. The zero-order chi connectivity index (χ0) is 20.9. The highest BCUT2D eigenvalue weighted by Crippen LogP contribution is 2.14. The largest absolute Gasteiger partial charge is 0.478 e. The van der Waals surface area contributed by atoms with Gasteiger partial charge in [-0.2, -0.15) is 0 Å². The standard InChI is InChI=1S/C21H18N4O4/c1-12-16(9-13-7-8-17-18(10-13)24(3)21(29)23(17)2)19(26)25(22-12)15-6-4-5-14(11-15)20(27)28/h4-11,22H,1H2,2-3H3,(H,27,28). The molecular formula is C21H18N4O4. The minimum atomic E-state index is -1.07. The highest BCUT2D eigenvalue weighted by atomic mass is 16.4. The van der Waals surface area contributed by atoms with E-state index in [1.54, 1.807) is 41.4 Å². The van der Waals surface area contributed by atoms with Crippen molar-refractivity contribution in [2.24, 2.45) is 14.1 Å². The number of aromatic amines is 1. The molecule has 2 aromatic heterocycles. The van der Waals surface area contributed by atoms with Crippen LogP contribution in [0.5, 0.6) is 0 Å². The van der Waals surface area contributed by atoms with E-state index in [0.29, 0.717) is 16.3 Å². The third-order valence-electron chi connectivity index (χ3n) is 4.96. The van der Waals surface area contributed by atoms with Crippen LogP contribution in [-0.2, 0) is 14.1 Å². The highest BCUT2D eigenvalue weighted by Gasteiger charge is 2.10. The number of carbonyl (C=O) groups is 1. The number of fused-ring (bicyclic) bond motifs is 1. The maximum atomic E-state index is 12.9. The zero-order valence-corrected chi connectivity index (χ0v) is 15.8. The first-order valence-corrected chi connectivity index (χ1v) is 8.79. The maximum Gasteiger partial charge on any atom is 0.335 e. The van der Waals surface area contributed by atoms with Crippen molar-refractivity contribution in [3.8, 4) is 5.69 Å². The Morgan fingerprint density at radius 2 is 1.79 bits per heavy atom. The molecule has 0 atom stereocenters. The zero-order valence-electron chi connectivity index (χ0n) is 15.8. The van der Waals surface area contributed by atoms with E-state index in [1.807, 2.05) is 18.2 Å². The Hall–Kier alpha value is -4.07. The summed E-state index contributed by atoms with van der Waals surface area (Å²) in [7, 11) is 3.40. The molecule has 29 heavy (non-hydrogen) atoms. The lowest BCUT2D eigenvalue weighted by Crippen LogP contribution is -2.34. The molecule has 0 spiro atoms. The third-order valence-corrected chi connectivity index (χ3v) is 4.96. The molecule has 0 aliphatic rings. The molecule has 4 rings (SSSR count). The van der Waals surface area contributed by atoms with Gasteiger partial charge >= 0.3 is 11.7 Å². The van der Waals surface area contributed by atoms with Gasteiger partial charge in [-0.15, -0.1) is 0 Å². The SMILES string of the molecule is C=c1[nH]n(-c2cccc(C(=O)O)c2)c(=O)c1=Cc1ccc2c(c1)n(C)c(=O)n2C. The number of carboxylic acids is 1. The number of aromatic nitrogens is 4. The van der Waals surface area contributed by atoms with Crippen molar-refractivity contribution < 1.29 is 9.90 Å². The Morgan fingerprint density at radius 3 is 2.52 bits per heavy atom. The Bertz CT molecular complexity index is 1520. The molecule has 4 aromatic rings. The van der Waals surface area contributed by atoms with E-state index in [0.717, 1.165) is 16.6 Å². The van der Waals surface area contributed by atoms with E-state index < -0.39 is 5.97 Å². The fourth-order valence-corrected chi connectivity index (χ4v) is 3.38. The molecule has 146 valence electrons. The van der Waals surface area contributed by atoms with Gasteiger partial charge in [0.1, 0.15) is 0 Å². The second-order valence-electron chi connectivity index (χ2n) is 6.79. The van der Waals surface area contributed by atoms with Gasteiger partial charge in [0.05, 0.1) is 32.9 Å². The van der Waals surface area contributed by atoms with E-state index >= 15 is 0 Å². The number of nitrogens with zero attached hydrogens (tertiary/aromatic N) is 3. The Kier molecular flexibility index (Phi) is 4.11. The minimum absolute atomic E-state index is 0.0792. The van der Waals surface area contributed by atoms with Gasteiger partial charge in [-0.1, -0.05) is 18.7 Å². The molecule has 8 heteroatoms. The lowest BCUT2D eigenvalue weighted by Gasteiger charge is -2.02. The van der Waals surface area contributed by atoms with E-state index in [4.69, 9.17) is 5.11 Å². The van der Waals surface area contributed by atoms with Crippen molar-refractivity contribution in [1.29, 1.82) is 0 Å². The van der Waals surface area contributed by atoms with Crippen LogP contribution in [0.2, 0.25) is 0 Å². The summed E-state index contributed by atoms with van der Waals surface area (Å²) in [6.07, 6.45) is 1.69. The normalized spacial score (nSPS) is 12.0. The predicted octanol–water partition coefficient (Wildman–Crippen LogP) is 0.293. The van der Waals surface area contributed by atoms with Crippen molar-refractivity contribution in [1.82, 2.24) is 18.9 Å². The van der Waals surface area contributed by atoms with E-state index in [-0.39, 0.29) is 16.8 Å². The van der Waals surface area contributed by atoms with Gasteiger partial charge in [0.25, 0.3) is 5.56 Å². The molecular weight excluding hydrogens is 372 g/mol. The number of nitrogens with one attached hydrogen (secondary N) is 1. The first-order valence-electron chi connectivity index (χ1n) is 8.79. The fraction of sp³-hybridized carbons (Fsp3) is 0.0952. The lowest BCUT2D eigenvalue weighted by molar-refractivity contribution is 0.0697. The van der Waals surface area contributed by atoms with Crippen LogP contribution < -0.4 is 21.8 Å². The summed E-state index contributed by atoms with van der Waals surface area (Å²) in [5.41, 5.74) is 2.29. The Balaban J connectivity index is 1.89. The van der Waals surface area contributed by atoms with Gasteiger partial charge in [-0.25, -0.2) is 14.3 Å². The topological polar surface area (TPSA) is 102 Å². The van der Waals surface area contributed by atoms with Crippen molar-refractivity contribution >= 4 is 29.7 Å². The van der Waals surface area contributed by atoms with Crippen LogP contribution in [0.25, 0.3) is 29.4 Å². The number of hydrogen-bond acceptors (Lipinski definition) is 3. The van der Waals surface area contributed by atoms with Gasteiger partial charge in [-0.05, 0) is 42.0 Å². The van der Waals surface area contributed by atoms with Crippen molar-refractivity contribution in [2.45, 2.75) is 0 Å². The molecule has 2 heterocycles. The average Bonchev–Trinajstić information content (AvgIpc) is 3.11. The molecule has 8 nitrogen and oxygen atoms in total. The number of carboxylic acid groups (broad SMARTS) is 1. The number of hydrogen-bond donors (Lipinski definition) is 2. The van der Waals surface area contributed by atoms with Crippen LogP contribution >= 0.6 is 0 Å². The average molecular weight is 390 g/mol. The maximum absolute atomic E-state index is 12.9. The summed E-state index contributed by atoms with van der Waals surface area (Å²) in [6.45, 7) is 3.90. The molecule has 0 aliphatic heterocycles. The first kappa shape index (κ1) is 18.3. The molecule has 0 fully saturated rings. The second kappa shape index (κ2) is 6.52. The first-order chi connectivity index (χ1) is 13.8. The predicted molar refractivity (Wildman–Crippen MR) is 110 cm³/mol. The van der Waals surface area contributed by atoms with Crippen molar-refractivity contribution in [3.05, 3.63) is 85.0 Å². The number of imidazole rings is 1. The molecule has 0 unspecified atom stereocenters. The molecule has 0 amide bonds. The molecule has 0 bridgehead atoms. The van der Waals surface area contributed by atoms with E-state index in [1.165, 1.54) is 16.8 Å². The quantitative estimate of drug-likeness (QED) is 0.525. The fourth-order valence-electron chi connectivity index (χ4n) is 3.38. The number of benzene rings is 2. The van der Waals surface area contributed by atoms with E-state index in [2.05, 4.69) is 11.7 Å². The number of aryl methyl sites for hydroxylation is 2. The third kappa shape index (κ3) is 2.91. The molecule has 0 saturated heterocycles. The molecule has 2 N–H and O–H groups in total. The number of H-pyrrole nitrogens is 1. The van der Waals surface area contributed by atoms with Crippen LogP contribution in [-0.4, -0.2) is 30.0 Å². The molecule has 0 saturated carbocycles. The van der Waals surface area contributed by atoms with Crippen LogP contribution in [0, 0.1) is 0 Å². The Morgan fingerprint density at radius 1 is 1.07 bits per heavy atom. The summed E-state index contributed by atoms with van der Waals surface area (Å²) in [5.74, 6) is -1.07. The van der Waals surface area contributed by atoms with Crippen LogP contribution in [0.15, 0.2) is 52.1 Å². The van der Waals surface area contributed by atoms with Crippen molar-refractivity contribution in [3.63, 3.8) is 0 Å². The van der Waals surface area contributed by atoms with Gasteiger partial charge in [0, 0.05) is 14.1 Å². The minimum Gasteiger partial charge on any atom is -0.478 e. The lowest BCUT2D eigenvalue weighted by atomic mass is 10.1. The monoisotopic (exact) mass is 390 g/mol. The number of rotatable bonds is 3. The Labute approximate surface area is 163 Å². The van der Waals surface area contributed by atoms with Crippen LogP contribution in [0.4, 0.5) is 0 Å². The number of aromatic carboxylic acids is 1. The highest BCUT2D eigenvalue weighted by molar-refractivity contribution is 5.88. The van der Waals surface area contributed by atoms with Crippen LogP contribution in [0.3, 0.4) is 0 Å². The summed E-state index contributed by atoms with van der Waals surface area (Å²) >= 11 is 0. The van der Waals surface area contributed by atoms with Gasteiger partial charge < -0.3 is 5.11 Å². The van der Waals surface area contributed by atoms with Crippen molar-refractivity contribution in [2.75, 3.05) is 0 Å². The van der Waals surface area contributed by atoms with Gasteiger partial charge in [0.2, 0.25) is 0 Å². The summed E-state index contributed by atoms with van der Waals surface area (Å²) in [5, 5.41) is 12.8. The molecule has 0 aliphatic carbocycles. The molecule has 2 aromatic carbocycles. The smallest absolute Gasteiger partial charge is 0.335 e. The summed E-state index contributed by atoms with van der Waals surface area (Å²) in [4.78, 5) is 36.2. The van der Waals surface area contributed by atoms with Gasteiger partial charge in [0.15, 0.2) is 0 Å². The summed E-state index contributed by atoms with van der Waals surface area (Å²) in [6, 6.07) is 11.6.